The Balaban J connectivity index is 1.57. The van der Waals surface area contributed by atoms with Crippen LogP contribution in [0.25, 0.3) is 11.1 Å². The summed E-state index contributed by atoms with van der Waals surface area (Å²) < 4.78 is 5.37. The first-order valence-electron chi connectivity index (χ1n) is 10.5. The van der Waals surface area contributed by atoms with Gasteiger partial charge in [0.1, 0.15) is 11.6 Å². The Morgan fingerprint density at radius 3 is 2.87 bits per heavy atom. The fraction of sp³-hybridized carbons (Fsp3) is 0.435. The van der Waals surface area contributed by atoms with Crippen molar-refractivity contribution in [1.29, 1.82) is 0 Å². The predicted octanol–water partition coefficient (Wildman–Crippen LogP) is 4.05. The standard InChI is InChI=1S/C23H27N5O2/c1-15(2)11-19-12-21(27-30-19)23(29)28-10-4-5-18(14-28)22-20(13-25-16(3)26-22)17-6-8-24-9-7-17/h6-9,12-13,15,18H,4-5,10-11,14H2,1-3H3/t18-/m0/s1. The van der Waals surface area contributed by atoms with Gasteiger partial charge in [-0.1, -0.05) is 19.0 Å². The number of aromatic nitrogens is 4. The van der Waals surface area contributed by atoms with Crippen molar-refractivity contribution in [2.75, 3.05) is 13.1 Å². The molecule has 0 radical (unpaired) electrons. The third-order valence-corrected chi connectivity index (χ3v) is 5.41. The van der Waals surface area contributed by atoms with E-state index in [-0.39, 0.29) is 11.8 Å². The summed E-state index contributed by atoms with van der Waals surface area (Å²) in [7, 11) is 0. The molecule has 0 aromatic carbocycles. The highest BCUT2D eigenvalue weighted by Gasteiger charge is 2.29. The molecule has 1 saturated heterocycles. The predicted molar refractivity (Wildman–Crippen MR) is 113 cm³/mol. The van der Waals surface area contributed by atoms with E-state index in [1.807, 2.05) is 30.2 Å². The van der Waals surface area contributed by atoms with Crippen LogP contribution < -0.4 is 0 Å². The molecule has 1 fully saturated rings. The van der Waals surface area contributed by atoms with Gasteiger partial charge in [0.05, 0.1) is 5.69 Å². The number of hydrogen-bond donors (Lipinski definition) is 0. The van der Waals surface area contributed by atoms with Crippen molar-refractivity contribution in [3.63, 3.8) is 0 Å². The molecule has 0 N–H and O–H groups in total. The highest BCUT2D eigenvalue weighted by molar-refractivity contribution is 5.92. The molecule has 7 nitrogen and oxygen atoms in total. The van der Waals surface area contributed by atoms with Gasteiger partial charge in [-0.2, -0.15) is 0 Å². The molecule has 1 aliphatic rings. The van der Waals surface area contributed by atoms with E-state index >= 15 is 0 Å². The third kappa shape index (κ3) is 4.40. The molecule has 156 valence electrons. The fourth-order valence-electron chi connectivity index (χ4n) is 4.01. The summed E-state index contributed by atoms with van der Waals surface area (Å²) in [5.74, 6) is 2.02. The Kier molecular flexibility index (Phi) is 5.88. The number of rotatable bonds is 5. The Bertz CT molecular complexity index is 1020. The molecule has 3 aromatic heterocycles. The lowest BCUT2D eigenvalue weighted by atomic mass is 9.90. The molecule has 4 heterocycles. The highest BCUT2D eigenvalue weighted by atomic mass is 16.5. The maximum Gasteiger partial charge on any atom is 0.276 e. The second-order valence-corrected chi connectivity index (χ2v) is 8.32. The van der Waals surface area contributed by atoms with Crippen LogP contribution in [-0.2, 0) is 6.42 Å². The first-order valence-corrected chi connectivity index (χ1v) is 10.5. The zero-order valence-electron chi connectivity index (χ0n) is 17.7. The van der Waals surface area contributed by atoms with Gasteiger partial charge >= 0.3 is 0 Å². The van der Waals surface area contributed by atoms with E-state index in [9.17, 15) is 4.79 Å². The van der Waals surface area contributed by atoms with Crippen molar-refractivity contribution < 1.29 is 9.32 Å². The maximum absolute atomic E-state index is 13.1. The van der Waals surface area contributed by atoms with Crippen molar-refractivity contribution in [2.45, 2.75) is 46.0 Å². The molecule has 7 heteroatoms. The molecule has 1 aliphatic heterocycles. The summed E-state index contributed by atoms with van der Waals surface area (Å²) in [6.07, 6.45) is 8.10. The van der Waals surface area contributed by atoms with Gasteiger partial charge in [0.25, 0.3) is 5.91 Å². The molecule has 0 unspecified atom stereocenters. The van der Waals surface area contributed by atoms with Crippen LogP contribution in [0.4, 0.5) is 0 Å². The lowest BCUT2D eigenvalue weighted by Gasteiger charge is -2.32. The number of piperidine rings is 1. The molecule has 0 bridgehead atoms. The second kappa shape index (κ2) is 8.73. The summed E-state index contributed by atoms with van der Waals surface area (Å²) >= 11 is 0. The second-order valence-electron chi connectivity index (χ2n) is 8.32. The number of amides is 1. The first kappa shape index (κ1) is 20.2. The lowest BCUT2D eigenvalue weighted by Crippen LogP contribution is -2.39. The maximum atomic E-state index is 13.1. The largest absolute Gasteiger partial charge is 0.361 e. The quantitative estimate of drug-likeness (QED) is 0.636. The molecular formula is C23H27N5O2. The SMILES string of the molecule is Cc1ncc(-c2ccncc2)c([C@H]2CCCN(C(=O)c3cc(CC(C)C)on3)C2)n1. The van der Waals surface area contributed by atoms with Crippen LogP contribution in [0.2, 0.25) is 0 Å². The van der Waals surface area contributed by atoms with Gasteiger partial charge in [-0.25, -0.2) is 9.97 Å². The minimum absolute atomic E-state index is 0.0744. The first-order chi connectivity index (χ1) is 14.5. The van der Waals surface area contributed by atoms with Crippen LogP contribution in [0.1, 0.15) is 60.4 Å². The Labute approximate surface area is 176 Å². The highest BCUT2D eigenvalue weighted by Crippen LogP contribution is 2.33. The number of carbonyl (C=O) groups is 1. The van der Waals surface area contributed by atoms with E-state index < -0.39 is 0 Å². The number of aryl methyl sites for hydroxylation is 1. The summed E-state index contributed by atoms with van der Waals surface area (Å²) in [6, 6.07) is 5.72. The average Bonchev–Trinajstić information content (AvgIpc) is 3.21. The fourth-order valence-corrected chi connectivity index (χ4v) is 4.01. The van der Waals surface area contributed by atoms with Gasteiger partial charge in [-0.05, 0) is 43.4 Å². The van der Waals surface area contributed by atoms with Crippen molar-refractivity contribution in [1.82, 2.24) is 25.0 Å². The van der Waals surface area contributed by atoms with Gasteiger partial charge in [-0.3, -0.25) is 9.78 Å². The minimum Gasteiger partial charge on any atom is -0.361 e. The van der Waals surface area contributed by atoms with E-state index in [1.54, 1.807) is 18.5 Å². The van der Waals surface area contributed by atoms with Crippen molar-refractivity contribution >= 4 is 5.91 Å². The van der Waals surface area contributed by atoms with Gasteiger partial charge < -0.3 is 9.42 Å². The van der Waals surface area contributed by atoms with E-state index in [1.165, 1.54) is 0 Å². The number of likely N-dealkylation sites (tertiary alicyclic amines) is 1. The molecule has 0 aliphatic carbocycles. The lowest BCUT2D eigenvalue weighted by molar-refractivity contribution is 0.0695. The zero-order valence-corrected chi connectivity index (χ0v) is 17.7. The molecular weight excluding hydrogens is 378 g/mol. The van der Waals surface area contributed by atoms with Crippen LogP contribution in [0.3, 0.4) is 0 Å². The van der Waals surface area contributed by atoms with Gasteiger partial charge in [0, 0.05) is 55.6 Å². The molecule has 4 rings (SSSR count). The van der Waals surface area contributed by atoms with E-state index in [4.69, 9.17) is 9.51 Å². The smallest absolute Gasteiger partial charge is 0.276 e. The summed E-state index contributed by atoms with van der Waals surface area (Å²) in [4.78, 5) is 28.2. The molecule has 0 spiro atoms. The number of pyridine rings is 1. The minimum atomic E-state index is -0.0744. The normalized spacial score (nSPS) is 16.8. The van der Waals surface area contributed by atoms with Crippen molar-refractivity contribution in [3.05, 3.63) is 59.8 Å². The Hall–Kier alpha value is -3.09. The van der Waals surface area contributed by atoms with Crippen LogP contribution in [0.15, 0.2) is 41.3 Å². The number of hydrogen-bond acceptors (Lipinski definition) is 6. The molecule has 0 saturated carbocycles. The average molecular weight is 406 g/mol. The molecule has 1 atom stereocenters. The van der Waals surface area contributed by atoms with E-state index in [0.717, 1.165) is 54.2 Å². The topological polar surface area (TPSA) is 85.0 Å². The van der Waals surface area contributed by atoms with Gasteiger partial charge in [0.15, 0.2) is 5.69 Å². The Morgan fingerprint density at radius 1 is 1.30 bits per heavy atom. The van der Waals surface area contributed by atoms with Crippen LogP contribution in [-0.4, -0.2) is 44.0 Å². The van der Waals surface area contributed by atoms with E-state index in [0.29, 0.717) is 18.2 Å². The number of carbonyl (C=O) groups excluding carboxylic acids is 1. The Morgan fingerprint density at radius 2 is 2.10 bits per heavy atom. The zero-order chi connectivity index (χ0) is 21.1. The van der Waals surface area contributed by atoms with Crippen molar-refractivity contribution in [3.8, 4) is 11.1 Å². The van der Waals surface area contributed by atoms with Crippen LogP contribution >= 0.6 is 0 Å². The summed E-state index contributed by atoms with van der Waals surface area (Å²) in [6.45, 7) is 7.46. The van der Waals surface area contributed by atoms with E-state index in [2.05, 4.69) is 29.0 Å². The van der Waals surface area contributed by atoms with Gasteiger partial charge in [0.2, 0.25) is 0 Å². The summed E-state index contributed by atoms with van der Waals surface area (Å²) in [5.41, 5.74) is 3.42. The van der Waals surface area contributed by atoms with Crippen LogP contribution in [0, 0.1) is 12.8 Å². The molecule has 1 amide bonds. The number of nitrogens with zero attached hydrogens (tertiary/aromatic N) is 5. The molecule has 3 aromatic rings. The van der Waals surface area contributed by atoms with Crippen LogP contribution in [0.5, 0.6) is 0 Å². The van der Waals surface area contributed by atoms with Gasteiger partial charge in [-0.15, -0.1) is 0 Å². The molecule has 30 heavy (non-hydrogen) atoms. The summed E-state index contributed by atoms with van der Waals surface area (Å²) in [5, 5.41) is 4.02. The van der Waals surface area contributed by atoms with Crippen molar-refractivity contribution in [2.24, 2.45) is 5.92 Å². The monoisotopic (exact) mass is 405 g/mol. The third-order valence-electron chi connectivity index (χ3n) is 5.41.